The first-order chi connectivity index (χ1) is 39.4. The second-order valence-corrected chi connectivity index (χ2v) is 15.8. The van der Waals surface area contributed by atoms with Crippen LogP contribution in [-0.2, 0) is 118 Å². The van der Waals surface area contributed by atoms with Crippen LogP contribution in [0.25, 0.3) is 0 Å². The first-order valence-corrected chi connectivity index (χ1v) is 28.1. The standard InChI is InChI=1S/C52H106O27/c53-1-3-55-5-7-57-9-11-59-13-15-61-17-19-63-21-23-65-25-27-67-29-31-69-33-35-71-37-39-73-41-43-75-45-47-77-49-51-79-52-50-78-48-46-76-44-42-74-40-38-72-36-34-70-32-30-68-28-26-66-24-22-64-20-18-62-16-14-60-12-10-58-8-6-56-4-2-54/h53-54H,1-52H2. The van der Waals surface area contributed by atoms with Crippen LogP contribution >= 0.6 is 0 Å². The van der Waals surface area contributed by atoms with Crippen molar-refractivity contribution in [3.05, 3.63) is 0 Å². The third-order valence-corrected chi connectivity index (χ3v) is 9.40. The Kier molecular flexibility index (Phi) is 75.9. The van der Waals surface area contributed by atoms with Crippen molar-refractivity contribution in [2.24, 2.45) is 0 Å². The topological polar surface area (TPSA) is 271 Å². The molecule has 0 aromatic rings. The molecule has 0 aromatic carbocycles. The van der Waals surface area contributed by atoms with Crippen molar-refractivity contribution in [2.45, 2.75) is 0 Å². The number of aliphatic hydroxyl groups is 2. The number of hydrogen-bond donors (Lipinski definition) is 2. The molecule has 0 aromatic heterocycles. The quantitative estimate of drug-likeness (QED) is 0.0719. The van der Waals surface area contributed by atoms with Gasteiger partial charge in [0.15, 0.2) is 0 Å². The molecule has 0 rings (SSSR count). The summed E-state index contributed by atoms with van der Waals surface area (Å²) in [5.41, 5.74) is 0. The van der Waals surface area contributed by atoms with E-state index >= 15 is 0 Å². The van der Waals surface area contributed by atoms with Crippen molar-refractivity contribution in [1.29, 1.82) is 0 Å². The van der Waals surface area contributed by atoms with Crippen molar-refractivity contribution in [1.82, 2.24) is 0 Å². The molecule has 0 amide bonds. The Morgan fingerprint density at radius 1 is 0.0886 bits per heavy atom. The molecule has 0 aliphatic carbocycles. The molecule has 27 heteroatoms. The zero-order valence-corrected chi connectivity index (χ0v) is 47.9. The Morgan fingerprint density at radius 2 is 0.139 bits per heavy atom. The summed E-state index contributed by atoms with van der Waals surface area (Å²) in [6.07, 6.45) is 0. The van der Waals surface area contributed by atoms with Gasteiger partial charge in [-0.05, 0) is 0 Å². The third kappa shape index (κ3) is 76.9. The minimum atomic E-state index is 0.0174. The summed E-state index contributed by atoms with van der Waals surface area (Å²) < 4.78 is 136. The Hall–Kier alpha value is -1.08. The molecule has 0 bridgehead atoms. The van der Waals surface area contributed by atoms with Crippen LogP contribution in [0.5, 0.6) is 0 Å². The number of hydrogen-bond acceptors (Lipinski definition) is 27. The fraction of sp³-hybridized carbons (Fsp3) is 1.00. The summed E-state index contributed by atoms with van der Waals surface area (Å²) in [6, 6.07) is 0. The van der Waals surface area contributed by atoms with E-state index in [0.29, 0.717) is 330 Å². The van der Waals surface area contributed by atoms with Crippen molar-refractivity contribution < 1.29 is 129 Å². The lowest BCUT2D eigenvalue weighted by Crippen LogP contribution is -2.16. The Labute approximate surface area is 471 Å². The molecular weight excluding hydrogens is 1060 g/mol. The summed E-state index contributed by atoms with van der Waals surface area (Å²) in [6.45, 7) is 24.0. The lowest BCUT2D eigenvalue weighted by atomic mass is 10.6. The number of aliphatic hydroxyl groups excluding tert-OH is 2. The molecule has 476 valence electrons. The van der Waals surface area contributed by atoms with Gasteiger partial charge in [-0.2, -0.15) is 0 Å². The van der Waals surface area contributed by atoms with Gasteiger partial charge >= 0.3 is 0 Å². The van der Waals surface area contributed by atoms with Crippen molar-refractivity contribution in [3.8, 4) is 0 Å². The second kappa shape index (κ2) is 76.9. The van der Waals surface area contributed by atoms with E-state index in [1.165, 1.54) is 0 Å². The van der Waals surface area contributed by atoms with E-state index in [1.54, 1.807) is 0 Å². The molecule has 0 aliphatic heterocycles. The van der Waals surface area contributed by atoms with Crippen molar-refractivity contribution in [2.75, 3.05) is 344 Å². The van der Waals surface area contributed by atoms with Gasteiger partial charge in [-0.15, -0.1) is 0 Å². The molecule has 0 atom stereocenters. The first kappa shape index (κ1) is 77.9. The van der Waals surface area contributed by atoms with E-state index in [0.717, 1.165) is 0 Å². The Bertz CT molecular complexity index is 962. The molecule has 27 nitrogen and oxygen atoms in total. The van der Waals surface area contributed by atoms with E-state index in [2.05, 4.69) is 0 Å². The molecule has 79 heavy (non-hydrogen) atoms. The lowest BCUT2D eigenvalue weighted by molar-refractivity contribution is -0.0321. The summed E-state index contributed by atoms with van der Waals surface area (Å²) >= 11 is 0. The molecule has 0 fully saturated rings. The van der Waals surface area contributed by atoms with Gasteiger partial charge < -0.3 is 129 Å². The van der Waals surface area contributed by atoms with E-state index in [1.807, 2.05) is 0 Å². The van der Waals surface area contributed by atoms with Crippen molar-refractivity contribution >= 4 is 0 Å². The predicted molar refractivity (Wildman–Crippen MR) is 285 cm³/mol. The average Bonchev–Trinajstić information content (AvgIpc) is 3.46. The maximum Gasteiger partial charge on any atom is 0.0701 e. The highest BCUT2D eigenvalue weighted by Gasteiger charge is 2.00. The fourth-order valence-corrected chi connectivity index (χ4v) is 5.51. The van der Waals surface area contributed by atoms with Gasteiger partial charge in [0, 0.05) is 0 Å². The highest BCUT2D eigenvalue weighted by atomic mass is 16.6. The second-order valence-electron chi connectivity index (χ2n) is 15.8. The smallest absolute Gasteiger partial charge is 0.0701 e. The highest BCUT2D eigenvalue weighted by Crippen LogP contribution is 1.91. The maximum atomic E-state index is 8.61. The molecule has 0 heterocycles. The van der Waals surface area contributed by atoms with E-state index < -0.39 is 0 Å². The van der Waals surface area contributed by atoms with Gasteiger partial charge in [0.25, 0.3) is 0 Å². The Balaban J connectivity index is 3.08. The van der Waals surface area contributed by atoms with Crippen LogP contribution in [0.15, 0.2) is 0 Å². The molecule has 0 unspecified atom stereocenters. The summed E-state index contributed by atoms with van der Waals surface area (Å²) in [4.78, 5) is 0. The van der Waals surface area contributed by atoms with Gasteiger partial charge in [0.1, 0.15) is 0 Å². The molecule has 0 saturated heterocycles. The average molecular weight is 1160 g/mol. The summed E-state index contributed by atoms with van der Waals surface area (Å²) in [7, 11) is 0. The van der Waals surface area contributed by atoms with Crippen molar-refractivity contribution in [3.63, 3.8) is 0 Å². The van der Waals surface area contributed by atoms with E-state index in [9.17, 15) is 0 Å². The minimum Gasteiger partial charge on any atom is -0.394 e. The predicted octanol–water partition coefficient (Wildman–Crippen LogP) is -0.614. The summed E-state index contributed by atoms with van der Waals surface area (Å²) in [5.74, 6) is 0. The van der Waals surface area contributed by atoms with Gasteiger partial charge in [0.2, 0.25) is 0 Å². The first-order valence-electron chi connectivity index (χ1n) is 28.1. The van der Waals surface area contributed by atoms with Crippen LogP contribution in [0.1, 0.15) is 0 Å². The van der Waals surface area contributed by atoms with Crippen LogP contribution in [0.4, 0.5) is 0 Å². The zero-order valence-electron chi connectivity index (χ0n) is 47.9. The maximum absolute atomic E-state index is 8.61. The molecule has 2 N–H and O–H groups in total. The van der Waals surface area contributed by atoms with Crippen LogP contribution in [0, 0.1) is 0 Å². The Morgan fingerprint density at radius 3 is 0.190 bits per heavy atom. The number of rotatable bonds is 76. The molecular formula is C52H106O27. The van der Waals surface area contributed by atoms with Gasteiger partial charge in [-0.25, -0.2) is 0 Å². The third-order valence-electron chi connectivity index (χ3n) is 9.40. The monoisotopic (exact) mass is 1160 g/mol. The van der Waals surface area contributed by atoms with Crippen LogP contribution in [0.2, 0.25) is 0 Å². The summed E-state index contributed by atoms with van der Waals surface area (Å²) in [5, 5.41) is 17.2. The SMILES string of the molecule is OCCOCCOCCOCCOCCOCCOCCOCCOCCOCCOCCOCCOCCOCCOCCOCCOCCOCCOCCOCCOCCOCCOCCOCCOCCOCCO. The molecule has 0 radical (unpaired) electrons. The zero-order chi connectivity index (χ0) is 56.4. The van der Waals surface area contributed by atoms with Crippen LogP contribution in [0.3, 0.4) is 0 Å². The van der Waals surface area contributed by atoms with Crippen LogP contribution < -0.4 is 0 Å². The normalized spacial score (nSPS) is 11.8. The van der Waals surface area contributed by atoms with Gasteiger partial charge in [-0.3, -0.25) is 0 Å². The highest BCUT2D eigenvalue weighted by molar-refractivity contribution is 4.43. The van der Waals surface area contributed by atoms with Crippen LogP contribution in [-0.4, -0.2) is 354 Å². The molecule has 0 spiro atoms. The van der Waals surface area contributed by atoms with E-state index in [-0.39, 0.29) is 13.2 Å². The largest absolute Gasteiger partial charge is 0.394 e. The lowest BCUT2D eigenvalue weighted by Gasteiger charge is -2.09. The van der Waals surface area contributed by atoms with E-state index in [4.69, 9.17) is 129 Å². The van der Waals surface area contributed by atoms with Gasteiger partial charge in [0.05, 0.1) is 344 Å². The molecule has 0 aliphatic rings. The molecule has 0 saturated carbocycles. The minimum absolute atomic E-state index is 0.0174. The van der Waals surface area contributed by atoms with Gasteiger partial charge in [-0.1, -0.05) is 0 Å². The fourth-order valence-electron chi connectivity index (χ4n) is 5.51. The number of ether oxygens (including phenoxy) is 25.